The van der Waals surface area contributed by atoms with Gasteiger partial charge >= 0.3 is 0 Å². The van der Waals surface area contributed by atoms with E-state index in [1.165, 1.54) is 0 Å². The predicted molar refractivity (Wildman–Crippen MR) is 72.1 cm³/mol. The molecule has 4 heteroatoms. The van der Waals surface area contributed by atoms with Crippen molar-refractivity contribution in [3.63, 3.8) is 0 Å². The van der Waals surface area contributed by atoms with E-state index in [2.05, 4.69) is 4.98 Å². The minimum absolute atomic E-state index is 0.0268. The van der Waals surface area contributed by atoms with E-state index in [9.17, 15) is 4.79 Å². The normalized spacial score (nSPS) is 10.9. The second-order valence-electron chi connectivity index (χ2n) is 4.75. The number of aromatic nitrogens is 1. The molecule has 2 aromatic rings. The maximum Gasteiger partial charge on any atom is 0.255 e. The lowest BCUT2D eigenvalue weighted by Crippen LogP contribution is -2.21. The van der Waals surface area contributed by atoms with Gasteiger partial charge in [0.05, 0.1) is 17.1 Å². The Morgan fingerprint density at radius 1 is 1.33 bits per heavy atom. The zero-order valence-corrected chi connectivity index (χ0v) is 11.2. The first-order valence-electron chi connectivity index (χ1n) is 5.99. The Bertz CT molecular complexity index is 570. The summed E-state index contributed by atoms with van der Waals surface area (Å²) >= 11 is 0. The summed E-state index contributed by atoms with van der Waals surface area (Å²) in [6.07, 6.45) is 1.81. The Balaban J connectivity index is 2.58. The smallest absolute Gasteiger partial charge is 0.255 e. The quantitative estimate of drug-likeness (QED) is 0.905. The van der Waals surface area contributed by atoms with Crippen LogP contribution in [0.2, 0.25) is 0 Å². The van der Waals surface area contributed by atoms with Crippen molar-refractivity contribution in [2.24, 2.45) is 0 Å². The lowest BCUT2D eigenvalue weighted by atomic mass is 10.1. The maximum atomic E-state index is 12.1. The number of nitrogens with one attached hydrogen (secondary N) is 1. The molecular weight excluding hydrogens is 228 g/mol. The monoisotopic (exact) mass is 246 g/mol. The Kier molecular flexibility index (Phi) is 3.28. The summed E-state index contributed by atoms with van der Waals surface area (Å²) in [5.41, 5.74) is 1.56. The third kappa shape index (κ3) is 2.18. The minimum atomic E-state index is -0.0268. The number of rotatable bonds is 3. The Labute approximate surface area is 107 Å². The number of carbonyl (C=O) groups is 1. The number of H-pyrrole nitrogens is 1. The second-order valence-corrected chi connectivity index (χ2v) is 4.75. The molecule has 1 aromatic heterocycles. The van der Waals surface area contributed by atoms with Crippen LogP contribution < -0.4 is 4.74 Å². The van der Waals surface area contributed by atoms with Crippen LogP contribution in [0.3, 0.4) is 0 Å². The molecule has 0 spiro atoms. The van der Waals surface area contributed by atoms with E-state index in [1.54, 1.807) is 25.2 Å². The van der Waals surface area contributed by atoms with Crippen LogP contribution in [0.5, 0.6) is 5.75 Å². The van der Waals surface area contributed by atoms with Crippen molar-refractivity contribution in [3.8, 4) is 5.75 Å². The molecule has 0 bridgehead atoms. The molecule has 1 N–H and O–H groups in total. The molecule has 1 amide bonds. The Morgan fingerprint density at radius 3 is 2.67 bits per heavy atom. The number of fused-ring (bicyclic) bond motifs is 1. The summed E-state index contributed by atoms with van der Waals surface area (Å²) < 4.78 is 5.77. The van der Waals surface area contributed by atoms with Crippen molar-refractivity contribution in [2.75, 3.05) is 14.1 Å². The van der Waals surface area contributed by atoms with Crippen LogP contribution in [0.15, 0.2) is 24.4 Å². The Hall–Kier alpha value is -1.97. The van der Waals surface area contributed by atoms with Gasteiger partial charge in [0.1, 0.15) is 5.75 Å². The fourth-order valence-corrected chi connectivity index (χ4v) is 1.91. The fraction of sp³-hybridized carbons (Fsp3) is 0.357. The molecule has 0 aliphatic rings. The van der Waals surface area contributed by atoms with E-state index < -0.39 is 0 Å². The molecule has 1 aromatic carbocycles. The number of hydrogen-bond acceptors (Lipinski definition) is 2. The molecular formula is C14H18N2O2. The summed E-state index contributed by atoms with van der Waals surface area (Å²) in [4.78, 5) is 16.8. The molecule has 1 heterocycles. The fourth-order valence-electron chi connectivity index (χ4n) is 1.91. The molecule has 0 saturated carbocycles. The highest BCUT2D eigenvalue weighted by Crippen LogP contribution is 2.30. The van der Waals surface area contributed by atoms with Crippen molar-refractivity contribution < 1.29 is 9.53 Å². The van der Waals surface area contributed by atoms with E-state index in [0.29, 0.717) is 5.56 Å². The number of hydrogen-bond donors (Lipinski definition) is 1. The van der Waals surface area contributed by atoms with Gasteiger partial charge in [0.15, 0.2) is 0 Å². The number of aromatic amines is 1. The summed E-state index contributed by atoms with van der Waals surface area (Å²) in [5.74, 6) is 0.718. The Morgan fingerprint density at radius 2 is 2.06 bits per heavy atom. The van der Waals surface area contributed by atoms with Gasteiger partial charge < -0.3 is 14.6 Å². The van der Waals surface area contributed by atoms with Crippen molar-refractivity contribution in [3.05, 3.63) is 30.0 Å². The first-order chi connectivity index (χ1) is 8.50. The van der Waals surface area contributed by atoms with Crippen molar-refractivity contribution >= 4 is 16.8 Å². The second kappa shape index (κ2) is 4.72. The summed E-state index contributed by atoms with van der Waals surface area (Å²) in [6, 6.07) is 5.75. The average molecular weight is 246 g/mol. The summed E-state index contributed by atoms with van der Waals surface area (Å²) in [5, 5.41) is 0.852. The first kappa shape index (κ1) is 12.5. The van der Waals surface area contributed by atoms with E-state index in [0.717, 1.165) is 16.7 Å². The molecule has 0 radical (unpaired) electrons. The van der Waals surface area contributed by atoms with Gasteiger partial charge in [0, 0.05) is 25.8 Å². The van der Waals surface area contributed by atoms with Gasteiger partial charge in [-0.25, -0.2) is 0 Å². The van der Waals surface area contributed by atoms with Gasteiger partial charge in [0.2, 0.25) is 0 Å². The number of benzene rings is 1. The third-order valence-electron chi connectivity index (χ3n) is 2.67. The van der Waals surface area contributed by atoms with Gasteiger partial charge in [0.25, 0.3) is 5.91 Å². The van der Waals surface area contributed by atoms with Crippen molar-refractivity contribution in [1.82, 2.24) is 9.88 Å². The van der Waals surface area contributed by atoms with Crippen LogP contribution in [-0.2, 0) is 0 Å². The molecule has 2 rings (SSSR count). The van der Waals surface area contributed by atoms with Gasteiger partial charge in [-0.05, 0) is 26.0 Å². The maximum absolute atomic E-state index is 12.1. The van der Waals surface area contributed by atoms with Crippen LogP contribution in [0.1, 0.15) is 24.2 Å². The highest BCUT2D eigenvalue weighted by Gasteiger charge is 2.17. The lowest BCUT2D eigenvalue weighted by molar-refractivity contribution is 0.0829. The SMILES string of the molecule is CC(C)Oc1cccc2[nH]cc(C(=O)N(C)C)c12. The highest BCUT2D eigenvalue weighted by atomic mass is 16.5. The zero-order valence-electron chi connectivity index (χ0n) is 11.2. The molecule has 0 aliphatic carbocycles. The zero-order chi connectivity index (χ0) is 13.3. The number of ether oxygens (including phenoxy) is 1. The largest absolute Gasteiger partial charge is 0.490 e. The molecule has 96 valence electrons. The lowest BCUT2D eigenvalue weighted by Gasteiger charge is -2.13. The van der Waals surface area contributed by atoms with E-state index in [1.807, 2.05) is 32.0 Å². The van der Waals surface area contributed by atoms with E-state index >= 15 is 0 Å². The third-order valence-corrected chi connectivity index (χ3v) is 2.67. The topological polar surface area (TPSA) is 45.3 Å². The van der Waals surface area contributed by atoms with Crippen LogP contribution >= 0.6 is 0 Å². The van der Waals surface area contributed by atoms with Crippen LogP contribution in [0.25, 0.3) is 10.9 Å². The van der Waals surface area contributed by atoms with Gasteiger partial charge in [-0.15, -0.1) is 0 Å². The minimum Gasteiger partial charge on any atom is -0.490 e. The standard InChI is InChI=1S/C14H18N2O2/c1-9(2)18-12-7-5-6-11-13(12)10(8-15-11)14(17)16(3)4/h5-9,15H,1-4H3. The summed E-state index contributed by atoms with van der Waals surface area (Å²) in [7, 11) is 3.49. The van der Waals surface area contributed by atoms with Crippen molar-refractivity contribution in [1.29, 1.82) is 0 Å². The van der Waals surface area contributed by atoms with Gasteiger partial charge in [-0.1, -0.05) is 6.07 Å². The number of nitrogens with zero attached hydrogens (tertiary/aromatic N) is 1. The molecule has 0 saturated heterocycles. The van der Waals surface area contributed by atoms with Crippen molar-refractivity contribution in [2.45, 2.75) is 20.0 Å². The molecule has 4 nitrogen and oxygen atoms in total. The van der Waals surface area contributed by atoms with E-state index in [-0.39, 0.29) is 12.0 Å². The number of carbonyl (C=O) groups excluding carboxylic acids is 1. The van der Waals surface area contributed by atoms with Crippen LogP contribution in [0, 0.1) is 0 Å². The van der Waals surface area contributed by atoms with Gasteiger partial charge in [-0.3, -0.25) is 4.79 Å². The molecule has 0 atom stereocenters. The number of amides is 1. The molecule has 18 heavy (non-hydrogen) atoms. The van der Waals surface area contributed by atoms with Gasteiger partial charge in [-0.2, -0.15) is 0 Å². The molecule has 0 unspecified atom stereocenters. The average Bonchev–Trinajstić information content (AvgIpc) is 2.72. The summed E-state index contributed by atoms with van der Waals surface area (Å²) in [6.45, 7) is 3.94. The van der Waals surface area contributed by atoms with Crippen LogP contribution in [-0.4, -0.2) is 36.0 Å². The molecule has 0 fully saturated rings. The van der Waals surface area contributed by atoms with E-state index in [4.69, 9.17) is 4.74 Å². The highest BCUT2D eigenvalue weighted by molar-refractivity contribution is 6.08. The predicted octanol–water partition coefficient (Wildman–Crippen LogP) is 2.66. The van der Waals surface area contributed by atoms with Crippen LogP contribution in [0.4, 0.5) is 0 Å². The molecule has 0 aliphatic heterocycles. The first-order valence-corrected chi connectivity index (χ1v) is 5.99.